The fraction of sp³-hybridized carbons (Fsp3) is 0.360. The summed E-state index contributed by atoms with van der Waals surface area (Å²) in [6.45, 7) is 4.52. The molecule has 9 heteroatoms. The van der Waals surface area contributed by atoms with Gasteiger partial charge in [0.1, 0.15) is 5.82 Å². The number of methoxy groups -OCH3 is 1. The fourth-order valence-corrected chi connectivity index (χ4v) is 4.33. The second-order valence-corrected chi connectivity index (χ2v) is 8.22. The lowest BCUT2D eigenvalue weighted by Crippen LogP contribution is -2.37. The van der Waals surface area contributed by atoms with Crippen LogP contribution in [0.1, 0.15) is 15.9 Å². The maximum Gasteiger partial charge on any atom is 0.251 e. The van der Waals surface area contributed by atoms with Crippen molar-refractivity contribution in [3.05, 3.63) is 59.9 Å². The number of rotatable bonds is 7. The minimum absolute atomic E-state index is 0.130. The highest BCUT2D eigenvalue weighted by molar-refractivity contribution is 5.95. The number of hydrogen-bond acceptors (Lipinski definition) is 8. The van der Waals surface area contributed by atoms with E-state index in [4.69, 9.17) is 19.4 Å². The van der Waals surface area contributed by atoms with Crippen molar-refractivity contribution in [2.24, 2.45) is 0 Å². The van der Waals surface area contributed by atoms with Gasteiger partial charge in [0.2, 0.25) is 5.95 Å². The average Bonchev–Trinajstić information content (AvgIpc) is 3.33. The fourth-order valence-electron chi connectivity index (χ4n) is 4.33. The van der Waals surface area contributed by atoms with Gasteiger partial charge in [-0.05, 0) is 30.7 Å². The molecular formula is C25H28N6O3. The molecule has 34 heavy (non-hydrogen) atoms. The maximum absolute atomic E-state index is 12.7. The summed E-state index contributed by atoms with van der Waals surface area (Å²) < 4.78 is 10.6. The van der Waals surface area contributed by atoms with Crippen LogP contribution in [0.25, 0.3) is 11.3 Å². The molecule has 4 heterocycles. The topological polar surface area (TPSA) is 92.7 Å². The standard InChI is InChI=1S/C25H28N6O3/c1-33-13-9-27-24(32)19-5-2-4-18(16-19)22-21-7-10-31(20-6-3-8-26-17-20)23(21)29-25(28-22)30-11-14-34-15-12-30/h2-6,8,16-17H,7,9-15H2,1H3,(H,27,32). The molecule has 0 aliphatic carbocycles. The van der Waals surface area contributed by atoms with Crippen molar-refractivity contribution < 1.29 is 14.3 Å². The number of anilines is 3. The Morgan fingerprint density at radius 2 is 2.03 bits per heavy atom. The molecule has 9 nitrogen and oxygen atoms in total. The number of carbonyl (C=O) groups is 1. The summed E-state index contributed by atoms with van der Waals surface area (Å²) in [5, 5.41) is 2.89. The van der Waals surface area contributed by atoms with E-state index in [1.54, 1.807) is 13.3 Å². The van der Waals surface area contributed by atoms with Crippen LogP contribution in [0.3, 0.4) is 0 Å². The Bertz CT molecular complexity index is 1150. The zero-order valence-electron chi connectivity index (χ0n) is 19.2. The van der Waals surface area contributed by atoms with Gasteiger partial charge in [0, 0.05) is 56.2 Å². The molecule has 2 aliphatic heterocycles. The van der Waals surface area contributed by atoms with Crippen LogP contribution >= 0.6 is 0 Å². The SMILES string of the molecule is COCCNC(=O)c1cccc(-c2nc(N3CCOCC3)nc3c2CCN3c2cccnc2)c1. The third kappa shape index (κ3) is 4.57. The lowest BCUT2D eigenvalue weighted by Gasteiger charge is -2.28. The molecular weight excluding hydrogens is 432 g/mol. The lowest BCUT2D eigenvalue weighted by molar-refractivity contribution is 0.0937. The number of morpholine rings is 1. The molecule has 2 aliphatic rings. The van der Waals surface area contributed by atoms with Gasteiger partial charge in [-0.15, -0.1) is 0 Å². The largest absolute Gasteiger partial charge is 0.383 e. The van der Waals surface area contributed by atoms with Crippen LogP contribution in [0.4, 0.5) is 17.5 Å². The lowest BCUT2D eigenvalue weighted by atomic mass is 10.0. The van der Waals surface area contributed by atoms with Crippen molar-refractivity contribution in [1.82, 2.24) is 20.3 Å². The third-order valence-electron chi connectivity index (χ3n) is 6.06. The van der Waals surface area contributed by atoms with Gasteiger partial charge in [0.15, 0.2) is 0 Å². The summed E-state index contributed by atoms with van der Waals surface area (Å²) >= 11 is 0. The van der Waals surface area contributed by atoms with Crippen molar-refractivity contribution in [3.8, 4) is 11.3 Å². The molecule has 2 aromatic heterocycles. The zero-order chi connectivity index (χ0) is 23.3. The van der Waals surface area contributed by atoms with E-state index >= 15 is 0 Å². The third-order valence-corrected chi connectivity index (χ3v) is 6.06. The Labute approximate surface area is 198 Å². The van der Waals surface area contributed by atoms with Gasteiger partial charge < -0.3 is 24.6 Å². The molecule has 0 bridgehead atoms. The molecule has 0 atom stereocenters. The van der Waals surface area contributed by atoms with Crippen LogP contribution < -0.4 is 15.1 Å². The number of nitrogens with zero attached hydrogens (tertiary/aromatic N) is 5. The van der Waals surface area contributed by atoms with Crippen LogP contribution in [0.2, 0.25) is 0 Å². The van der Waals surface area contributed by atoms with E-state index < -0.39 is 0 Å². The number of carbonyl (C=O) groups excluding carboxylic acids is 1. The number of fused-ring (bicyclic) bond motifs is 1. The molecule has 0 radical (unpaired) electrons. The Morgan fingerprint density at radius 1 is 1.15 bits per heavy atom. The number of hydrogen-bond donors (Lipinski definition) is 1. The van der Waals surface area contributed by atoms with Crippen LogP contribution in [-0.2, 0) is 15.9 Å². The first-order chi connectivity index (χ1) is 16.7. The van der Waals surface area contributed by atoms with Crippen molar-refractivity contribution in [1.29, 1.82) is 0 Å². The van der Waals surface area contributed by atoms with Crippen molar-refractivity contribution in [2.45, 2.75) is 6.42 Å². The molecule has 0 spiro atoms. The Kier molecular flexibility index (Phi) is 6.64. The summed E-state index contributed by atoms with van der Waals surface area (Å²) in [4.78, 5) is 31.3. The summed E-state index contributed by atoms with van der Waals surface area (Å²) in [6, 6.07) is 11.6. The quantitative estimate of drug-likeness (QED) is 0.538. The van der Waals surface area contributed by atoms with E-state index in [1.165, 1.54) is 0 Å². The molecule has 1 N–H and O–H groups in total. The Hall–Kier alpha value is -3.56. The van der Waals surface area contributed by atoms with Gasteiger partial charge in [-0.25, -0.2) is 4.98 Å². The first-order valence-corrected chi connectivity index (χ1v) is 11.5. The predicted octanol–water partition coefficient (Wildman–Crippen LogP) is 2.45. The summed E-state index contributed by atoms with van der Waals surface area (Å²) in [5.74, 6) is 1.45. The van der Waals surface area contributed by atoms with E-state index in [9.17, 15) is 4.79 Å². The number of nitrogens with one attached hydrogen (secondary N) is 1. The summed E-state index contributed by atoms with van der Waals surface area (Å²) in [5.41, 5.74) is 4.45. The van der Waals surface area contributed by atoms with Gasteiger partial charge in [0.05, 0.1) is 37.4 Å². The molecule has 1 fully saturated rings. The number of benzene rings is 1. The normalized spacial score (nSPS) is 15.3. The average molecular weight is 461 g/mol. The highest BCUT2D eigenvalue weighted by Gasteiger charge is 2.29. The van der Waals surface area contributed by atoms with Crippen LogP contribution in [-0.4, -0.2) is 74.0 Å². The molecule has 0 unspecified atom stereocenters. The second kappa shape index (κ2) is 10.1. The van der Waals surface area contributed by atoms with Crippen molar-refractivity contribution in [3.63, 3.8) is 0 Å². The summed E-state index contributed by atoms with van der Waals surface area (Å²) in [7, 11) is 1.61. The minimum atomic E-state index is -0.130. The number of ether oxygens (including phenoxy) is 2. The molecule has 1 saturated heterocycles. The molecule has 176 valence electrons. The number of amides is 1. The zero-order valence-corrected chi connectivity index (χ0v) is 19.2. The number of pyridine rings is 1. The molecule has 3 aromatic rings. The highest BCUT2D eigenvalue weighted by Crippen LogP contribution is 2.39. The van der Waals surface area contributed by atoms with Crippen LogP contribution in [0.5, 0.6) is 0 Å². The van der Waals surface area contributed by atoms with E-state index in [0.29, 0.717) is 37.9 Å². The van der Waals surface area contributed by atoms with Gasteiger partial charge in [-0.1, -0.05) is 12.1 Å². The predicted molar refractivity (Wildman–Crippen MR) is 130 cm³/mol. The summed E-state index contributed by atoms with van der Waals surface area (Å²) in [6.07, 6.45) is 4.44. The molecule has 1 aromatic carbocycles. The molecule has 5 rings (SSSR count). The first-order valence-electron chi connectivity index (χ1n) is 11.5. The van der Waals surface area contributed by atoms with Crippen molar-refractivity contribution in [2.75, 3.05) is 62.9 Å². The maximum atomic E-state index is 12.7. The Morgan fingerprint density at radius 3 is 2.82 bits per heavy atom. The Balaban J connectivity index is 1.55. The minimum Gasteiger partial charge on any atom is -0.383 e. The highest BCUT2D eigenvalue weighted by atomic mass is 16.5. The van der Waals surface area contributed by atoms with Gasteiger partial charge in [-0.2, -0.15) is 4.98 Å². The van der Waals surface area contributed by atoms with E-state index in [2.05, 4.69) is 20.1 Å². The van der Waals surface area contributed by atoms with E-state index in [-0.39, 0.29) is 5.91 Å². The van der Waals surface area contributed by atoms with Crippen LogP contribution in [0, 0.1) is 0 Å². The first kappa shape index (κ1) is 22.2. The van der Waals surface area contributed by atoms with Gasteiger partial charge >= 0.3 is 0 Å². The van der Waals surface area contributed by atoms with Gasteiger partial charge in [-0.3, -0.25) is 9.78 Å². The van der Waals surface area contributed by atoms with E-state index in [1.807, 2.05) is 42.6 Å². The molecule has 0 saturated carbocycles. The van der Waals surface area contributed by atoms with Crippen molar-refractivity contribution >= 4 is 23.4 Å². The van der Waals surface area contributed by atoms with Gasteiger partial charge in [0.25, 0.3) is 5.91 Å². The smallest absolute Gasteiger partial charge is 0.251 e. The monoisotopic (exact) mass is 460 g/mol. The van der Waals surface area contributed by atoms with Crippen LogP contribution in [0.15, 0.2) is 48.8 Å². The number of aromatic nitrogens is 3. The molecule has 1 amide bonds. The second-order valence-electron chi connectivity index (χ2n) is 8.22. The van der Waals surface area contributed by atoms with E-state index in [0.717, 1.165) is 54.4 Å².